The first-order valence-electron chi connectivity index (χ1n) is 4.08. The minimum Gasteiger partial charge on any atom is -0.379 e. The van der Waals surface area contributed by atoms with Crippen LogP contribution in [0.1, 0.15) is 6.92 Å². The Labute approximate surface area is 85.5 Å². The van der Waals surface area contributed by atoms with Gasteiger partial charge in [0.1, 0.15) is 12.1 Å². The normalized spacial score (nSPS) is 26.6. The van der Waals surface area contributed by atoms with E-state index in [9.17, 15) is 9.59 Å². The van der Waals surface area contributed by atoms with Gasteiger partial charge in [0.15, 0.2) is 5.17 Å². The van der Waals surface area contributed by atoms with Gasteiger partial charge in [0.2, 0.25) is 11.8 Å². The van der Waals surface area contributed by atoms with Crippen LogP contribution in [0.5, 0.6) is 0 Å². The van der Waals surface area contributed by atoms with Gasteiger partial charge in [0.05, 0.1) is 0 Å². The van der Waals surface area contributed by atoms with Crippen LogP contribution in [0.15, 0.2) is 0 Å². The Morgan fingerprint density at radius 2 is 2.14 bits per heavy atom. The third-order valence-corrected chi connectivity index (χ3v) is 2.60. The molecule has 0 saturated carbocycles. The van der Waals surface area contributed by atoms with Crippen LogP contribution in [0.4, 0.5) is 0 Å². The predicted molar refractivity (Wildman–Crippen MR) is 53.9 cm³/mol. The predicted octanol–water partition coefficient (Wildman–Crippen LogP) is -1.38. The first kappa shape index (κ1) is 10.8. The first-order chi connectivity index (χ1) is 6.50. The summed E-state index contributed by atoms with van der Waals surface area (Å²) >= 11 is 1.03. The molecule has 0 bridgehead atoms. The van der Waals surface area contributed by atoms with Crippen LogP contribution >= 0.6 is 11.8 Å². The molecule has 0 aromatic heterocycles. The number of carbonyl (C=O) groups excluding carboxylic acids is 2. The van der Waals surface area contributed by atoms with Crippen molar-refractivity contribution in [2.75, 3.05) is 5.75 Å². The average molecular weight is 216 g/mol. The lowest BCUT2D eigenvalue weighted by molar-refractivity contribution is -0.135. The second-order valence-corrected chi connectivity index (χ2v) is 4.03. The third kappa shape index (κ3) is 2.63. The van der Waals surface area contributed by atoms with E-state index in [4.69, 9.17) is 11.1 Å². The third-order valence-electron chi connectivity index (χ3n) is 1.79. The minimum atomic E-state index is -0.590. The second kappa shape index (κ2) is 4.32. The van der Waals surface area contributed by atoms with Gasteiger partial charge >= 0.3 is 0 Å². The highest BCUT2D eigenvalue weighted by molar-refractivity contribution is 8.13. The molecule has 1 unspecified atom stereocenters. The number of hydrogen-bond acceptors (Lipinski definition) is 4. The molecule has 0 radical (unpaired) electrons. The lowest BCUT2D eigenvalue weighted by Gasteiger charge is -2.27. The SMILES string of the molecule is CC1NC(=O)[C@H](CSC(=N)N)NC1=O. The molecule has 5 N–H and O–H groups in total. The summed E-state index contributed by atoms with van der Waals surface area (Å²) in [6.45, 7) is 1.61. The number of carbonyl (C=O) groups is 2. The fraction of sp³-hybridized carbons (Fsp3) is 0.571. The highest BCUT2D eigenvalue weighted by Crippen LogP contribution is 2.05. The average Bonchev–Trinajstić information content (AvgIpc) is 2.09. The summed E-state index contributed by atoms with van der Waals surface area (Å²) in [5.41, 5.74) is 5.12. The van der Waals surface area contributed by atoms with E-state index in [1.165, 1.54) is 0 Å². The molecule has 0 spiro atoms. The molecule has 0 aromatic carbocycles. The van der Waals surface area contributed by atoms with Crippen molar-refractivity contribution in [3.8, 4) is 0 Å². The van der Waals surface area contributed by atoms with E-state index in [-0.39, 0.29) is 17.0 Å². The minimum absolute atomic E-state index is 0.0642. The molecular weight excluding hydrogens is 204 g/mol. The Bertz CT molecular complexity index is 281. The number of amidine groups is 1. The largest absolute Gasteiger partial charge is 0.379 e. The zero-order valence-corrected chi connectivity index (χ0v) is 8.48. The van der Waals surface area contributed by atoms with Gasteiger partial charge in [0, 0.05) is 5.75 Å². The number of amides is 2. The summed E-state index contributed by atoms with van der Waals surface area (Å²) in [5, 5.41) is 12.0. The molecule has 0 aliphatic carbocycles. The molecule has 1 saturated heterocycles. The standard InChI is InChI=1S/C7H12N4O2S/c1-3-5(12)11-4(6(13)10-3)2-14-7(8)9/h3-4H,2H2,1H3,(H3,8,9)(H,10,13)(H,11,12)/t3?,4-/m0/s1. The molecule has 1 aliphatic rings. The van der Waals surface area contributed by atoms with E-state index in [1.807, 2.05) is 0 Å². The molecular formula is C7H12N4O2S. The summed E-state index contributed by atoms with van der Waals surface area (Å²) in [4.78, 5) is 22.5. The molecule has 2 atom stereocenters. The van der Waals surface area contributed by atoms with Crippen LogP contribution in [0, 0.1) is 5.41 Å². The Kier molecular flexibility index (Phi) is 3.34. The van der Waals surface area contributed by atoms with Crippen LogP contribution in [-0.4, -0.2) is 34.8 Å². The van der Waals surface area contributed by atoms with Crippen molar-refractivity contribution in [1.29, 1.82) is 5.41 Å². The van der Waals surface area contributed by atoms with Crippen molar-refractivity contribution in [3.63, 3.8) is 0 Å². The van der Waals surface area contributed by atoms with Gasteiger partial charge in [-0.3, -0.25) is 15.0 Å². The zero-order valence-electron chi connectivity index (χ0n) is 7.66. The summed E-state index contributed by atoms with van der Waals surface area (Å²) < 4.78 is 0. The molecule has 6 nitrogen and oxygen atoms in total. The molecule has 78 valence electrons. The van der Waals surface area contributed by atoms with Crippen molar-refractivity contribution in [2.24, 2.45) is 5.73 Å². The highest BCUT2D eigenvalue weighted by Gasteiger charge is 2.30. The van der Waals surface area contributed by atoms with Crippen LogP contribution in [0.25, 0.3) is 0 Å². The van der Waals surface area contributed by atoms with Gasteiger partial charge in [-0.1, -0.05) is 11.8 Å². The maximum absolute atomic E-state index is 11.3. The van der Waals surface area contributed by atoms with Gasteiger partial charge in [-0.05, 0) is 6.92 Å². The van der Waals surface area contributed by atoms with E-state index >= 15 is 0 Å². The Hall–Kier alpha value is -1.24. The second-order valence-electron chi connectivity index (χ2n) is 2.97. The summed E-state index contributed by atoms with van der Waals surface area (Å²) in [6, 6.07) is -1.08. The fourth-order valence-corrected chi connectivity index (χ4v) is 1.61. The van der Waals surface area contributed by atoms with E-state index < -0.39 is 12.1 Å². The topological polar surface area (TPSA) is 108 Å². The van der Waals surface area contributed by atoms with E-state index in [0.29, 0.717) is 5.75 Å². The molecule has 1 aliphatic heterocycles. The van der Waals surface area contributed by atoms with Gasteiger partial charge in [0.25, 0.3) is 0 Å². The van der Waals surface area contributed by atoms with Crippen LogP contribution in [0.2, 0.25) is 0 Å². The Morgan fingerprint density at radius 1 is 1.50 bits per heavy atom. The van der Waals surface area contributed by atoms with Crippen molar-refractivity contribution >= 4 is 28.7 Å². The van der Waals surface area contributed by atoms with Crippen molar-refractivity contribution in [1.82, 2.24) is 10.6 Å². The quantitative estimate of drug-likeness (QED) is 0.337. The summed E-state index contributed by atoms with van der Waals surface area (Å²) in [5.74, 6) is -0.149. The number of nitrogens with one attached hydrogen (secondary N) is 3. The molecule has 2 amide bonds. The highest BCUT2D eigenvalue weighted by atomic mass is 32.2. The maximum atomic E-state index is 11.3. The van der Waals surface area contributed by atoms with Gasteiger partial charge < -0.3 is 16.4 Å². The number of piperazine rings is 1. The van der Waals surface area contributed by atoms with Crippen LogP contribution in [-0.2, 0) is 9.59 Å². The molecule has 1 heterocycles. The van der Waals surface area contributed by atoms with Gasteiger partial charge in [-0.2, -0.15) is 0 Å². The number of thioether (sulfide) groups is 1. The first-order valence-corrected chi connectivity index (χ1v) is 5.07. The van der Waals surface area contributed by atoms with E-state index in [0.717, 1.165) is 11.8 Å². The Morgan fingerprint density at radius 3 is 2.71 bits per heavy atom. The number of hydrogen-bond donors (Lipinski definition) is 4. The van der Waals surface area contributed by atoms with Crippen LogP contribution < -0.4 is 16.4 Å². The van der Waals surface area contributed by atoms with Crippen molar-refractivity contribution < 1.29 is 9.59 Å². The number of nitrogens with two attached hydrogens (primary N) is 1. The fourth-order valence-electron chi connectivity index (χ4n) is 1.03. The van der Waals surface area contributed by atoms with Gasteiger partial charge in [-0.15, -0.1) is 0 Å². The van der Waals surface area contributed by atoms with E-state index in [1.54, 1.807) is 6.92 Å². The summed E-state index contributed by atoms with van der Waals surface area (Å²) in [6.07, 6.45) is 0. The molecule has 14 heavy (non-hydrogen) atoms. The zero-order chi connectivity index (χ0) is 10.7. The van der Waals surface area contributed by atoms with E-state index in [2.05, 4.69) is 10.6 Å². The molecule has 1 rings (SSSR count). The maximum Gasteiger partial charge on any atom is 0.244 e. The van der Waals surface area contributed by atoms with Crippen molar-refractivity contribution in [3.05, 3.63) is 0 Å². The lowest BCUT2D eigenvalue weighted by Crippen LogP contribution is -2.61. The monoisotopic (exact) mass is 216 g/mol. The lowest BCUT2D eigenvalue weighted by atomic mass is 10.2. The van der Waals surface area contributed by atoms with Crippen molar-refractivity contribution in [2.45, 2.75) is 19.0 Å². The molecule has 7 heteroatoms. The summed E-state index contributed by atoms with van der Waals surface area (Å²) in [7, 11) is 0. The Balaban J connectivity index is 2.49. The number of rotatable bonds is 2. The molecule has 0 aromatic rings. The van der Waals surface area contributed by atoms with Crippen LogP contribution in [0.3, 0.4) is 0 Å². The smallest absolute Gasteiger partial charge is 0.244 e. The molecule has 1 fully saturated rings. The van der Waals surface area contributed by atoms with Gasteiger partial charge in [-0.25, -0.2) is 0 Å².